The monoisotopic (exact) mass is 180 g/mol. The molecule has 0 saturated heterocycles. The summed E-state index contributed by atoms with van der Waals surface area (Å²) in [5, 5.41) is 0. The second-order valence-corrected chi connectivity index (χ2v) is 2.67. The maximum Gasteiger partial charge on any atom is 0.338 e. The molecule has 0 atom stereocenters. The Hall–Kier alpha value is -1.55. The summed E-state index contributed by atoms with van der Waals surface area (Å²) in [5.41, 5.74) is 4.66. The molecular weight excluding hydrogens is 168 g/mol. The maximum absolute atomic E-state index is 11.2. The molecule has 0 aliphatic carbocycles. The van der Waals surface area contributed by atoms with Gasteiger partial charge in [0.1, 0.15) is 0 Å². The molecule has 1 aromatic carbocycles. The Balaban J connectivity index is 3.05. The minimum Gasteiger partial charge on any atom is -0.465 e. The molecule has 0 spiro atoms. The van der Waals surface area contributed by atoms with Gasteiger partial charge in [0.25, 0.3) is 0 Å². The number of hydrogen-bond acceptors (Lipinski definition) is 4. The third-order valence-corrected chi connectivity index (χ3v) is 1.80. The molecule has 0 bridgehead atoms. The quantitative estimate of drug-likeness (QED) is 0.406. The SMILES string of the molecule is COC(=O)c1ccc(NN)cc1C. The molecule has 0 heterocycles. The van der Waals surface area contributed by atoms with E-state index >= 15 is 0 Å². The molecule has 1 rings (SSSR count). The molecular formula is C9H12N2O2. The molecule has 0 amide bonds. The Labute approximate surface area is 76.7 Å². The van der Waals surface area contributed by atoms with Crippen molar-refractivity contribution in [3.05, 3.63) is 29.3 Å². The molecule has 13 heavy (non-hydrogen) atoms. The molecule has 3 N–H and O–H groups in total. The minimum absolute atomic E-state index is 0.332. The lowest BCUT2D eigenvalue weighted by molar-refractivity contribution is 0.0600. The molecule has 0 saturated carbocycles. The molecule has 0 aliphatic rings. The van der Waals surface area contributed by atoms with E-state index in [0.29, 0.717) is 5.56 Å². The van der Waals surface area contributed by atoms with Gasteiger partial charge < -0.3 is 10.2 Å². The van der Waals surface area contributed by atoms with Gasteiger partial charge in [0.2, 0.25) is 0 Å². The Morgan fingerprint density at radius 1 is 1.54 bits per heavy atom. The van der Waals surface area contributed by atoms with Crippen LogP contribution in [0.25, 0.3) is 0 Å². The van der Waals surface area contributed by atoms with E-state index < -0.39 is 0 Å². The lowest BCUT2D eigenvalue weighted by Gasteiger charge is -2.05. The van der Waals surface area contributed by atoms with Gasteiger partial charge in [-0.25, -0.2) is 4.79 Å². The Kier molecular flexibility index (Phi) is 2.87. The first kappa shape index (κ1) is 9.54. The standard InChI is InChI=1S/C9H12N2O2/c1-6-5-7(11-10)3-4-8(6)9(12)13-2/h3-5,11H,10H2,1-2H3. The van der Waals surface area contributed by atoms with Crippen LogP contribution in [0.1, 0.15) is 15.9 Å². The van der Waals surface area contributed by atoms with Crippen LogP contribution in [0, 0.1) is 6.92 Å². The predicted molar refractivity (Wildman–Crippen MR) is 50.3 cm³/mol. The van der Waals surface area contributed by atoms with Crippen molar-refractivity contribution in [2.45, 2.75) is 6.92 Å². The number of benzene rings is 1. The first-order valence-electron chi connectivity index (χ1n) is 3.84. The van der Waals surface area contributed by atoms with Crippen molar-refractivity contribution in [1.29, 1.82) is 0 Å². The van der Waals surface area contributed by atoms with Crippen molar-refractivity contribution in [1.82, 2.24) is 0 Å². The zero-order valence-corrected chi connectivity index (χ0v) is 7.63. The normalized spacial score (nSPS) is 9.46. The predicted octanol–water partition coefficient (Wildman–Crippen LogP) is 1.07. The zero-order chi connectivity index (χ0) is 9.84. The summed E-state index contributed by atoms with van der Waals surface area (Å²) in [6.07, 6.45) is 0. The molecule has 0 unspecified atom stereocenters. The summed E-state index contributed by atoms with van der Waals surface area (Å²) in [6, 6.07) is 5.18. The number of rotatable bonds is 2. The van der Waals surface area contributed by atoms with Gasteiger partial charge >= 0.3 is 5.97 Å². The molecule has 0 aliphatic heterocycles. The number of carbonyl (C=O) groups is 1. The molecule has 0 radical (unpaired) electrons. The van der Waals surface area contributed by atoms with Crippen molar-refractivity contribution in [3.8, 4) is 0 Å². The second-order valence-electron chi connectivity index (χ2n) is 2.67. The topological polar surface area (TPSA) is 64.3 Å². The van der Waals surface area contributed by atoms with Gasteiger partial charge in [-0.05, 0) is 30.7 Å². The highest BCUT2D eigenvalue weighted by molar-refractivity contribution is 5.91. The number of ether oxygens (including phenoxy) is 1. The number of methoxy groups -OCH3 is 1. The van der Waals surface area contributed by atoms with Crippen molar-refractivity contribution in [2.75, 3.05) is 12.5 Å². The number of nitrogens with two attached hydrogens (primary N) is 1. The molecule has 4 nitrogen and oxygen atoms in total. The number of hydrazine groups is 1. The van der Waals surface area contributed by atoms with Crippen molar-refractivity contribution in [3.63, 3.8) is 0 Å². The van der Waals surface area contributed by atoms with Crippen molar-refractivity contribution in [2.24, 2.45) is 5.84 Å². The summed E-state index contributed by atoms with van der Waals surface area (Å²) in [7, 11) is 1.36. The first-order chi connectivity index (χ1) is 6.19. The largest absolute Gasteiger partial charge is 0.465 e. The van der Waals surface area contributed by atoms with Crippen LogP contribution in [-0.4, -0.2) is 13.1 Å². The van der Waals surface area contributed by atoms with Gasteiger partial charge in [-0.1, -0.05) is 0 Å². The van der Waals surface area contributed by atoms with Crippen molar-refractivity contribution < 1.29 is 9.53 Å². The summed E-state index contributed by atoms with van der Waals surface area (Å²) in [5.74, 6) is 4.88. The minimum atomic E-state index is -0.332. The maximum atomic E-state index is 11.2. The van der Waals surface area contributed by atoms with Gasteiger partial charge in [0.15, 0.2) is 0 Å². The van der Waals surface area contributed by atoms with Crippen molar-refractivity contribution >= 4 is 11.7 Å². The fourth-order valence-electron chi connectivity index (χ4n) is 1.09. The number of esters is 1. The van der Waals surface area contributed by atoms with Crippen LogP contribution < -0.4 is 11.3 Å². The first-order valence-corrected chi connectivity index (χ1v) is 3.84. The van der Waals surface area contributed by atoms with E-state index in [9.17, 15) is 4.79 Å². The zero-order valence-electron chi connectivity index (χ0n) is 7.63. The van der Waals surface area contributed by atoms with Gasteiger partial charge in [0.05, 0.1) is 12.7 Å². The van der Waals surface area contributed by atoms with Crippen LogP contribution in [0.2, 0.25) is 0 Å². The molecule has 4 heteroatoms. The Morgan fingerprint density at radius 3 is 2.69 bits per heavy atom. The number of carbonyl (C=O) groups excluding carboxylic acids is 1. The summed E-state index contributed by atoms with van der Waals surface area (Å²) >= 11 is 0. The molecule has 70 valence electrons. The lowest BCUT2D eigenvalue weighted by Crippen LogP contribution is -2.09. The Morgan fingerprint density at radius 2 is 2.23 bits per heavy atom. The molecule has 0 aromatic heterocycles. The highest BCUT2D eigenvalue weighted by Crippen LogP contribution is 2.14. The summed E-state index contributed by atoms with van der Waals surface area (Å²) in [6.45, 7) is 1.83. The van der Waals surface area contributed by atoms with Crippen LogP contribution in [0.5, 0.6) is 0 Å². The van der Waals surface area contributed by atoms with Gasteiger partial charge in [-0.2, -0.15) is 0 Å². The van der Waals surface area contributed by atoms with Crippen LogP contribution in [0.4, 0.5) is 5.69 Å². The fourth-order valence-corrected chi connectivity index (χ4v) is 1.09. The Bertz CT molecular complexity index is 323. The van der Waals surface area contributed by atoms with E-state index in [0.717, 1.165) is 11.3 Å². The summed E-state index contributed by atoms with van der Waals surface area (Å²) < 4.78 is 4.60. The van der Waals surface area contributed by atoms with E-state index in [1.54, 1.807) is 18.2 Å². The number of anilines is 1. The molecule has 0 fully saturated rings. The fraction of sp³-hybridized carbons (Fsp3) is 0.222. The average molecular weight is 180 g/mol. The van der Waals surface area contributed by atoms with E-state index in [2.05, 4.69) is 10.2 Å². The lowest BCUT2D eigenvalue weighted by atomic mass is 10.1. The average Bonchev–Trinajstić information content (AvgIpc) is 2.16. The van der Waals surface area contributed by atoms with Crippen LogP contribution in [-0.2, 0) is 4.74 Å². The number of nitrogen functional groups attached to an aromatic ring is 1. The van der Waals surface area contributed by atoms with Gasteiger partial charge in [-0.3, -0.25) is 5.84 Å². The van der Waals surface area contributed by atoms with Crippen LogP contribution in [0.15, 0.2) is 18.2 Å². The van der Waals surface area contributed by atoms with Gasteiger partial charge in [0, 0.05) is 5.69 Å². The third kappa shape index (κ3) is 1.97. The van der Waals surface area contributed by atoms with Gasteiger partial charge in [-0.15, -0.1) is 0 Å². The summed E-state index contributed by atoms with van der Waals surface area (Å²) in [4.78, 5) is 11.2. The second kappa shape index (κ2) is 3.91. The highest BCUT2D eigenvalue weighted by atomic mass is 16.5. The number of aryl methyl sites for hydroxylation is 1. The van der Waals surface area contributed by atoms with E-state index in [1.807, 2.05) is 6.92 Å². The highest BCUT2D eigenvalue weighted by Gasteiger charge is 2.08. The number of nitrogens with one attached hydrogen (secondary N) is 1. The van der Waals surface area contributed by atoms with E-state index in [-0.39, 0.29) is 5.97 Å². The van der Waals surface area contributed by atoms with E-state index in [1.165, 1.54) is 7.11 Å². The van der Waals surface area contributed by atoms with E-state index in [4.69, 9.17) is 5.84 Å². The van der Waals surface area contributed by atoms with Crippen LogP contribution >= 0.6 is 0 Å². The third-order valence-electron chi connectivity index (χ3n) is 1.80. The van der Waals surface area contributed by atoms with Crippen LogP contribution in [0.3, 0.4) is 0 Å². The molecule has 1 aromatic rings. The number of hydrogen-bond donors (Lipinski definition) is 2. The smallest absolute Gasteiger partial charge is 0.338 e.